The van der Waals surface area contributed by atoms with E-state index in [0.29, 0.717) is 6.42 Å². The van der Waals surface area contributed by atoms with Crippen LogP contribution in [0.25, 0.3) is 0 Å². The fourth-order valence-electron chi connectivity index (χ4n) is 1.57. The molecule has 0 radical (unpaired) electrons. The molecule has 0 saturated heterocycles. The maximum atomic E-state index is 11.6. The van der Waals surface area contributed by atoms with Crippen LogP contribution in [-0.2, 0) is 9.59 Å². The third kappa shape index (κ3) is 5.23. The number of rotatable bonds is 7. The number of thioether (sulfide) groups is 1. The minimum atomic E-state index is -0.922. The number of aliphatic carboxylic acids is 1. The molecule has 0 heterocycles. The third-order valence-electron chi connectivity index (χ3n) is 2.45. The highest BCUT2D eigenvalue weighted by Gasteiger charge is 2.17. The Labute approximate surface area is 111 Å². The van der Waals surface area contributed by atoms with E-state index in [0.717, 1.165) is 11.3 Å². The molecule has 0 aromatic heterocycles. The van der Waals surface area contributed by atoms with Crippen LogP contribution >= 0.6 is 11.8 Å². The van der Waals surface area contributed by atoms with Crippen molar-refractivity contribution in [2.24, 2.45) is 0 Å². The van der Waals surface area contributed by atoms with E-state index < -0.39 is 12.0 Å². The molecular weight excluding hydrogens is 250 g/mol. The van der Waals surface area contributed by atoms with Crippen molar-refractivity contribution < 1.29 is 14.7 Å². The number of carbonyl (C=O) groups is 2. The average Bonchev–Trinajstić information content (AvgIpc) is 2.36. The first-order chi connectivity index (χ1) is 8.63. The topological polar surface area (TPSA) is 66.4 Å². The molecule has 18 heavy (non-hydrogen) atoms. The van der Waals surface area contributed by atoms with E-state index in [-0.39, 0.29) is 12.3 Å². The molecule has 0 aliphatic heterocycles. The van der Waals surface area contributed by atoms with Crippen molar-refractivity contribution in [1.29, 1.82) is 0 Å². The molecule has 98 valence electrons. The summed E-state index contributed by atoms with van der Waals surface area (Å²) in [6, 6.07) is 8.70. The van der Waals surface area contributed by atoms with Gasteiger partial charge < -0.3 is 10.4 Å². The van der Waals surface area contributed by atoms with E-state index >= 15 is 0 Å². The maximum absolute atomic E-state index is 11.6. The number of hydrogen-bond donors (Lipinski definition) is 2. The fraction of sp³-hybridized carbons (Fsp3) is 0.385. The lowest BCUT2D eigenvalue weighted by Crippen LogP contribution is -2.30. The molecule has 1 atom stereocenters. The zero-order chi connectivity index (χ0) is 13.4. The van der Waals surface area contributed by atoms with E-state index in [1.54, 1.807) is 11.8 Å². The Morgan fingerprint density at radius 2 is 2.00 bits per heavy atom. The second-order valence-corrected chi connectivity index (χ2v) is 4.86. The number of nitrogens with one attached hydrogen (secondary N) is 1. The molecule has 0 aliphatic carbocycles. The van der Waals surface area contributed by atoms with Crippen LogP contribution in [0.2, 0.25) is 0 Å². The maximum Gasteiger partial charge on any atom is 0.305 e. The summed E-state index contributed by atoms with van der Waals surface area (Å²) in [5, 5.41) is 11.6. The monoisotopic (exact) mass is 267 g/mol. The molecule has 0 bridgehead atoms. The molecule has 1 amide bonds. The van der Waals surface area contributed by atoms with Gasteiger partial charge in [-0.3, -0.25) is 9.59 Å². The third-order valence-corrected chi connectivity index (χ3v) is 3.06. The molecule has 4 nitrogen and oxygen atoms in total. The zero-order valence-corrected chi connectivity index (χ0v) is 11.1. The van der Waals surface area contributed by atoms with Crippen molar-refractivity contribution in [3.63, 3.8) is 0 Å². The molecule has 0 spiro atoms. The van der Waals surface area contributed by atoms with E-state index in [1.165, 1.54) is 0 Å². The molecule has 5 heteroatoms. The van der Waals surface area contributed by atoms with Crippen LogP contribution in [0.1, 0.15) is 24.4 Å². The highest BCUT2D eigenvalue weighted by Crippen LogP contribution is 2.16. The zero-order valence-electron chi connectivity index (χ0n) is 10.3. The predicted molar refractivity (Wildman–Crippen MR) is 72.6 cm³/mol. The Balaban J connectivity index is 2.67. The summed E-state index contributed by atoms with van der Waals surface area (Å²) in [6.07, 6.45) is 2.23. The molecule has 1 rings (SSSR count). The van der Waals surface area contributed by atoms with Gasteiger partial charge in [0.1, 0.15) is 0 Å². The Morgan fingerprint density at radius 3 is 2.56 bits per heavy atom. The number of amides is 1. The van der Waals surface area contributed by atoms with E-state index in [4.69, 9.17) is 5.11 Å². The van der Waals surface area contributed by atoms with Crippen LogP contribution in [0.3, 0.4) is 0 Å². The number of carbonyl (C=O) groups excluding carboxylic acids is 1. The van der Waals surface area contributed by atoms with Gasteiger partial charge in [0.05, 0.1) is 12.5 Å². The lowest BCUT2D eigenvalue weighted by molar-refractivity contribution is -0.137. The largest absolute Gasteiger partial charge is 0.481 e. The van der Waals surface area contributed by atoms with Gasteiger partial charge in [0.15, 0.2) is 0 Å². The Kier molecular flexibility index (Phi) is 6.28. The van der Waals surface area contributed by atoms with E-state index in [9.17, 15) is 9.59 Å². The summed E-state index contributed by atoms with van der Waals surface area (Å²) in [5.74, 6) is -0.297. The first-order valence-corrected chi connectivity index (χ1v) is 7.08. The Bertz CT molecular complexity index is 394. The van der Waals surface area contributed by atoms with Crippen molar-refractivity contribution in [3.05, 3.63) is 35.9 Å². The molecule has 0 fully saturated rings. The highest BCUT2D eigenvalue weighted by atomic mass is 32.2. The van der Waals surface area contributed by atoms with Gasteiger partial charge in [-0.2, -0.15) is 11.8 Å². The lowest BCUT2D eigenvalue weighted by Gasteiger charge is -2.17. The van der Waals surface area contributed by atoms with Crippen molar-refractivity contribution in [1.82, 2.24) is 5.32 Å². The minimum Gasteiger partial charge on any atom is -0.481 e. The van der Waals surface area contributed by atoms with Gasteiger partial charge in [-0.25, -0.2) is 0 Å². The first kappa shape index (κ1) is 14.6. The minimum absolute atomic E-state index is 0.102. The van der Waals surface area contributed by atoms with Gasteiger partial charge in [-0.05, 0) is 11.8 Å². The van der Waals surface area contributed by atoms with Crippen LogP contribution in [0, 0.1) is 0 Å². The van der Waals surface area contributed by atoms with Crippen LogP contribution in [0.5, 0.6) is 0 Å². The quantitative estimate of drug-likeness (QED) is 0.793. The molecule has 0 aliphatic rings. The Morgan fingerprint density at radius 1 is 1.33 bits per heavy atom. The summed E-state index contributed by atoms with van der Waals surface area (Å²) in [4.78, 5) is 22.5. The summed E-state index contributed by atoms with van der Waals surface area (Å²) < 4.78 is 0. The SMILES string of the molecule is CSCCC(=O)N[C@H](CC(=O)O)c1ccccc1. The first-order valence-electron chi connectivity index (χ1n) is 5.68. The fourth-order valence-corrected chi connectivity index (χ4v) is 1.96. The number of benzene rings is 1. The average molecular weight is 267 g/mol. The van der Waals surface area contributed by atoms with Gasteiger partial charge in [-0.1, -0.05) is 30.3 Å². The summed E-state index contributed by atoms with van der Waals surface area (Å²) in [5.41, 5.74) is 0.817. The van der Waals surface area contributed by atoms with Crippen LogP contribution in [-0.4, -0.2) is 29.0 Å². The van der Waals surface area contributed by atoms with Crippen molar-refractivity contribution in [3.8, 4) is 0 Å². The lowest BCUT2D eigenvalue weighted by atomic mass is 10.0. The number of hydrogen-bond acceptors (Lipinski definition) is 3. The van der Waals surface area contributed by atoms with E-state index in [1.807, 2.05) is 36.6 Å². The number of carboxylic acids is 1. The van der Waals surface area contributed by atoms with Gasteiger partial charge in [0.2, 0.25) is 5.91 Å². The summed E-state index contributed by atoms with van der Waals surface area (Å²) in [6.45, 7) is 0. The van der Waals surface area contributed by atoms with Crippen LogP contribution < -0.4 is 5.32 Å². The van der Waals surface area contributed by atoms with Gasteiger partial charge in [-0.15, -0.1) is 0 Å². The number of carboxylic acid groups (broad SMARTS) is 1. The van der Waals surface area contributed by atoms with Crippen molar-refractivity contribution >= 4 is 23.6 Å². The summed E-state index contributed by atoms with van der Waals surface area (Å²) >= 11 is 1.59. The smallest absolute Gasteiger partial charge is 0.305 e. The highest BCUT2D eigenvalue weighted by molar-refractivity contribution is 7.98. The molecule has 1 aromatic carbocycles. The summed E-state index contributed by atoms with van der Waals surface area (Å²) in [7, 11) is 0. The van der Waals surface area contributed by atoms with Crippen LogP contribution in [0.15, 0.2) is 30.3 Å². The molecule has 1 aromatic rings. The van der Waals surface area contributed by atoms with E-state index in [2.05, 4.69) is 5.32 Å². The standard InChI is InChI=1S/C13H17NO3S/c1-18-8-7-12(15)14-11(9-13(16)17)10-5-3-2-4-6-10/h2-6,11H,7-9H2,1H3,(H,14,15)(H,16,17)/t11-/m1/s1. The van der Waals surface area contributed by atoms with Gasteiger partial charge in [0, 0.05) is 12.2 Å². The molecule has 0 unspecified atom stereocenters. The predicted octanol–water partition coefficient (Wildman–Crippen LogP) is 2.07. The molecular formula is C13H17NO3S. The molecule has 2 N–H and O–H groups in total. The molecule has 0 saturated carbocycles. The van der Waals surface area contributed by atoms with Crippen LogP contribution in [0.4, 0.5) is 0 Å². The van der Waals surface area contributed by atoms with Crippen molar-refractivity contribution in [2.45, 2.75) is 18.9 Å². The second-order valence-electron chi connectivity index (χ2n) is 3.87. The van der Waals surface area contributed by atoms with Crippen molar-refractivity contribution in [2.75, 3.05) is 12.0 Å². The van der Waals surface area contributed by atoms with Gasteiger partial charge in [0.25, 0.3) is 0 Å². The second kappa shape index (κ2) is 7.76. The van der Waals surface area contributed by atoms with Gasteiger partial charge >= 0.3 is 5.97 Å². The Hall–Kier alpha value is -1.49. The normalized spacial score (nSPS) is 11.8.